The van der Waals surface area contributed by atoms with E-state index in [1.165, 1.54) is 22.7 Å². The summed E-state index contributed by atoms with van der Waals surface area (Å²) in [6, 6.07) is 11.4. The minimum absolute atomic E-state index is 0.299. The Bertz CT molecular complexity index is 1320. The fraction of sp³-hybridized carbons (Fsp3) is 0.100. The predicted octanol–water partition coefficient (Wildman–Crippen LogP) is 5.91. The maximum absolute atomic E-state index is 12.9. The summed E-state index contributed by atoms with van der Waals surface area (Å²) < 4.78 is 3.78. The van der Waals surface area contributed by atoms with Crippen molar-refractivity contribution < 1.29 is 4.79 Å². The number of halogens is 2. The number of aromatic nitrogens is 1. The molecule has 0 bridgehead atoms. The van der Waals surface area contributed by atoms with Crippen molar-refractivity contribution in [3.63, 3.8) is 0 Å². The number of carbonyl (C=O) groups is 1. The molecule has 0 saturated carbocycles. The van der Waals surface area contributed by atoms with Crippen LogP contribution in [0.3, 0.4) is 0 Å². The maximum atomic E-state index is 12.9. The van der Waals surface area contributed by atoms with Crippen molar-refractivity contribution in [2.24, 2.45) is 4.99 Å². The standard InChI is InChI=1S/C20H12Cl2N2OS2/c1-3-10-24-17-11(2)13(21)8-9-15(17)27-20(24)23-19(25)18-16(22)12-6-4-5-7-14(12)26-18/h1,4-9H,10H2,2H3. The first kappa shape index (κ1) is 18.3. The number of thiophene rings is 1. The molecular weight excluding hydrogens is 419 g/mol. The van der Waals surface area contributed by atoms with Gasteiger partial charge in [0, 0.05) is 15.1 Å². The lowest BCUT2D eigenvalue weighted by Gasteiger charge is -2.04. The zero-order valence-electron chi connectivity index (χ0n) is 14.1. The van der Waals surface area contributed by atoms with Crippen molar-refractivity contribution in [2.45, 2.75) is 13.5 Å². The summed E-state index contributed by atoms with van der Waals surface area (Å²) >= 11 is 15.4. The van der Waals surface area contributed by atoms with Crippen LogP contribution in [-0.2, 0) is 6.54 Å². The second kappa shape index (κ2) is 7.14. The number of benzene rings is 2. The summed E-state index contributed by atoms with van der Waals surface area (Å²) in [5.74, 6) is 2.25. The molecular formula is C20H12Cl2N2OS2. The van der Waals surface area contributed by atoms with Crippen molar-refractivity contribution in [2.75, 3.05) is 0 Å². The van der Waals surface area contributed by atoms with Crippen LogP contribution in [0.25, 0.3) is 20.3 Å². The second-order valence-corrected chi connectivity index (χ2v) is 8.70. The fourth-order valence-electron chi connectivity index (χ4n) is 2.93. The van der Waals surface area contributed by atoms with Gasteiger partial charge in [0.15, 0.2) is 4.80 Å². The minimum atomic E-state index is -0.373. The number of hydrogen-bond donors (Lipinski definition) is 0. The smallest absolute Gasteiger partial charge is 0.291 e. The summed E-state index contributed by atoms with van der Waals surface area (Å²) in [4.78, 5) is 18.2. The molecule has 4 aromatic rings. The summed E-state index contributed by atoms with van der Waals surface area (Å²) in [7, 11) is 0. The molecule has 2 heterocycles. The summed E-state index contributed by atoms with van der Waals surface area (Å²) in [6.07, 6.45) is 5.54. The van der Waals surface area contributed by atoms with Gasteiger partial charge in [-0.1, -0.05) is 58.7 Å². The van der Waals surface area contributed by atoms with Gasteiger partial charge in [-0.15, -0.1) is 17.8 Å². The van der Waals surface area contributed by atoms with Crippen molar-refractivity contribution in [1.82, 2.24) is 4.57 Å². The topological polar surface area (TPSA) is 34.4 Å². The molecule has 1 amide bonds. The highest BCUT2D eigenvalue weighted by Gasteiger charge is 2.18. The zero-order chi connectivity index (χ0) is 19.1. The quantitative estimate of drug-likeness (QED) is 0.364. The average molecular weight is 431 g/mol. The van der Waals surface area contributed by atoms with Gasteiger partial charge < -0.3 is 4.57 Å². The molecule has 3 nitrogen and oxygen atoms in total. The molecule has 27 heavy (non-hydrogen) atoms. The molecule has 7 heteroatoms. The number of thiazole rings is 1. The molecule has 0 aliphatic rings. The number of fused-ring (bicyclic) bond motifs is 2. The molecule has 0 aliphatic carbocycles. The van der Waals surface area contributed by atoms with Gasteiger partial charge in [-0.25, -0.2) is 0 Å². The van der Waals surface area contributed by atoms with E-state index < -0.39 is 0 Å². The number of terminal acetylenes is 1. The molecule has 0 fully saturated rings. The van der Waals surface area contributed by atoms with Gasteiger partial charge in [0.2, 0.25) is 0 Å². The first-order valence-corrected chi connectivity index (χ1v) is 10.4. The second-order valence-electron chi connectivity index (χ2n) is 5.85. The van der Waals surface area contributed by atoms with Crippen LogP contribution in [0.2, 0.25) is 10.0 Å². The van der Waals surface area contributed by atoms with Crippen LogP contribution in [0, 0.1) is 19.3 Å². The zero-order valence-corrected chi connectivity index (χ0v) is 17.3. The van der Waals surface area contributed by atoms with Crippen LogP contribution in [0.15, 0.2) is 41.4 Å². The summed E-state index contributed by atoms with van der Waals surface area (Å²) in [5, 5.41) is 1.95. The molecule has 0 spiro atoms. The van der Waals surface area contributed by atoms with Crippen LogP contribution in [0.5, 0.6) is 0 Å². The Morgan fingerprint density at radius 2 is 1.96 bits per heavy atom. The molecule has 0 atom stereocenters. The lowest BCUT2D eigenvalue weighted by atomic mass is 10.2. The number of rotatable bonds is 2. The number of aryl methyl sites for hydroxylation is 1. The van der Waals surface area contributed by atoms with Gasteiger partial charge in [0.05, 0.1) is 21.8 Å². The van der Waals surface area contributed by atoms with Crippen molar-refractivity contribution in [3.8, 4) is 12.3 Å². The largest absolute Gasteiger partial charge is 0.304 e. The van der Waals surface area contributed by atoms with Crippen LogP contribution in [-0.4, -0.2) is 10.5 Å². The van der Waals surface area contributed by atoms with E-state index in [4.69, 9.17) is 29.6 Å². The summed E-state index contributed by atoms with van der Waals surface area (Å²) in [6.45, 7) is 2.23. The Balaban J connectivity index is 1.93. The van der Waals surface area contributed by atoms with E-state index in [2.05, 4.69) is 10.9 Å². The minimum Gasteiger partial charge on any atom is -0.304 e. The molecule has 0 radical (unpaired) electrons. The van der Waals surface area contributed by atoms with Gasteiger partial charge in [0.25, 0.3) is 5.91 Å². The van der Waals surface area contributed by atoms with Crippen LogP contribution >= 0.6 is 45.9 Å². The van der Waals surface area contributed by atoms with Crippen molar-refractivity contribution >= 4 is 72.1 Å². The average Bonchev–Trinajstić information content (AvgIpc) is 3.18. The van der Waals surface area contributed by atoms with Gasteiger partial charge in [-0.2, -0.15) is 4.99 Å². The van der Waals surface area contributed by atoms with Gasteiger partial charge in [-0.05, 0) is 30.7 Å². The van der Waals surface area contributed by atoms with E-state index >= 15 is 0 Å². The van der Waals surface area contributed by atoms with E-state index in [0.717, 1.165) is 25.9 Å². The third-order valence-electron chi connectivity index (χ3n) is 4.21. The van der Waals surface area contributed by atoms with E-state index in [9.17, 15) is 4.79 Å². The molecule has 0 unspecified atom stereocenters. The fourth-order valence-corrected chi connectivity index (χ4v) is 5.56. The van der Waals surface area contributed by atoms with E-state index in [1.807, 2.05) is 47.9 Å². The molecule has 2 aromatic carbocycles. The van der Waals surface area contributed by atoms with Gasteiger partial charge >= 0.3 is 0 Å². The molecule has 0 aliphatic heterocycles. The van der Waals surface area contributed by atoms with Crippen molar-refractivity contribution in [3.05, 3.63) is 61.7 Å². The third kappa shape index (κ3) is 3.09. The van der Waals surface area contributed by atoms with Gasteiger partial charge in [-0.3, -0.25) is 4.79 Å². The number of hydrogen-bond acceptors (Lipinski definition) is 3. The maximum Gasteiger partial charge on any atom is 0.291 e. The Morgan fingerprint density at radius 1 is 1.19 bits per heavy atom. The lowest BCUT2D eigenvalue weighted by Crippen LogP contribution is -2.16. The Labute approximate surface area is 173 Å². The molecule has 134 valence electrons. The first-order valence-electron chi connectivity index (χ1n) is 7.99. The molecule has 0 N–H and O–H groups in total. The predicted molar refractivity (Wildman–Crippen MR) is 115 cm³/mol. The lowest BCUT2D eigenvalue weighted by molar-refractivity contribution is 0.100. The Kier molecular flexibility index (Phi) is 4.83. The SMILES string of the molecule is C#CCn1c(=NC(=O)c2sc3ccccc3c2Cl)sc2ccc(Cl)c(C)c21. The number of carbonyl (C=O) groups excluding carboxylic acids is 1. The van der Waals surface area contributed by atoms with E-state index in [1.54, 1.807) is 0 Å². The van der Waals surface area contributed by atoms with Crippen molar-refractivity contribution in [1.29, 1.82) is 0 Å². The van der Waals surface area contributed by atoms with Crippen LogP contribution < -0.4 is 4.80 Å². The molecule has 2 aromatic heterocycles. The summed E-state index contributed by atoms with van der Waals surface area (Å²) in [5.41, 5.74) is 1.81. The third-order valence-corrected chi connectivity index (χ3v) is 7.32. The highest BCUT2D eigenvalue weighted by molar-refractivity contribution is 7.21. The van der Waals surface area contributed by atoms with E-state index in [0.29, 0.717) is 26.3 Å². The first-order chi connectivity index (χ1) is 13.0. The highest BCUT2D eigenvalue weighted by Crippen LogP contribution is 2.35. The highest BCUT2D eigenvalue weighted by atomic mass is 35.5. The number of nitrogens with zero attached hydrogens (tertiary/aromatic N) is 2. The monoisotopic (exact) mass is 430 g/mol. The van der Waals surface area contributed by atoms with E-state index in [-0.39, 0.29) is 5.91 Å². The molecule has 4 rings (SSSR count). The normalized spacial score (nSPS) is 12.0. The Hall–Kier alpha value is -2.10. The van der Waals surface area contributed by atoms with Crippen LogP contribution in [0.4, 0.5) is 0 Å². The molecule has 0 saturated heterocycles. The number of amides is 1. The van der Waals surface area contributed by atoms with Gasteiger partial charge in [0.1, 0.15) is 4.88 Å². The van der Waals surface area contributed by atoms with Crippen LogP contribution in [0.1, 0.15) is 15.2 Å². The Morgan fingerprint density at radius 3 is 2.70 bits per heavy atom.